The first kappa shape index (κ1) is 16.0. The number of nitrogens with one attached hydrogen (secondary N) is 1. The zero-order valence-corrected chi connectivity index (χ0v) is 12.9. The minimum absolute atomic E-state index is 0.0576. The third-order valence-corrected chi connectivity index (χ3v) is 3.03. The van der Waals surface area contributed by atoms with E-state index >= 15 is 0 Å². The normalized spacial score (nSPS) is 12.2. The molecular weight excluding hydrogens is 284 g/mol. The van der Waals surface area contributed by atoms with Crippen LogP contribution in [0, 0.1) is 6.92 Å². The lowest BCUT2D eigenvalue weighted by Crippen LogP contribution is -2.29. The quantitative estimate of drug-likeness (QED) is 0.855. The number of aliphatic hydroxyl groups is 1. The van der Waals surface area contributed by atoms with Gasteiger partial charge in [0, 0.05) is 6.54 Å². The van der Waals surface area contributed by atoms with Crippen LogP contribution in [0.25, 0.3) is 0 Å². The average molecular weight is 304 g/mol. The molecule has 0 radical (unpaired) electrons. The SMILES string of the molecule is Cc1ocnc1C(=O)NCC(O)c1cccc(OC(C)C)c1. The summed E-state index contributed by atoms with van der Waals surface area (Å²) in [4.78, 5) is 15.7. The summed E-state index contributed by atoms with van der Waals surface area (Å²) in [5.74, 6) is 0.754. The summed E-state index contributed by atoms with van der Waals surface area (Å²) in [6, 6.07) is 7.18. The Balaban J connectivity index is 1.96. The number of aliphatic hydroxyl groups excluding tert-OH is 1. The molecule has 0 aliphatic heterocycles. The van der Waals surface area contributed by atoms with Gasteiger partial charge in [-0.25, -0.2) is 4.98 Å². The number of ether oxygens (including phenoxy) is 1. The molecule has 1 unspecified atom stereocenters. The third kappa shape index (κ3) is 4.08. The third-order valence-electron chi connectivity index (χ3n) is 3.03. The second kappa shape index (κ2) is 7.09. The van der Waals surface area contributed by atoms with E-state index < -0.39 is 6.10 Å². The van der Waals surface area contributed by atoms with Gasteiger partial charge in [0.25, 0.3) is 5.91 Å². The van der Waals surface area contributed by atoms with Crippen molar-refractivity contribution in [3.63, 3.8) is 0 Å². The number of hydrogen-bond donors (Lipinski definition) is 2. The zero-order valence-electron chi connectivity index (χ0n) is 12.9. The molecule has 118 valence electrons. The van der Waals surface area contributed by atoms with Crippen LogP contribution in [0.15, 0.2) is 35.1 Å². The molecule has 1 amide bonds. The largest absolute Gasteiger partial charge is 0.491 e. The van der Waals surface area contributed by atoms with Crippen LogP contribution in [0.2, 0.25) is 0 Å². The first-order chi connectivity index (χ1) is 10.5. The lowest BCUT2D eigenvalue weighted by Gasteiger charge is -2.15. The molecule has 0 fully saturated rings. The summed E-state index contributed by atoms with van der Waals surface area (Å²) < 4.78 is 10.6. The molecule has 2 aromatic rings. The topological polar surface area (TPSA) is 84.6 Å². The molecule has 1 heterocycles. The lowest BCUT2D eigenvalue weighted by molar-refractivity contribution is 0.0910. The van der Waals surface area contributed by atoms with Crippen molar-refractivity contribution in [3.8, 4) is 5.75 Å². The Labute approximate surface area is 129 Å². The van der Waals surface area contributed by atoms with Gasteiger partial charge < -0.3 is 19.6 Å². The molecular formula is C16H20N2O4. The minimum Gasteiger partial charge on any atom is -0.491 e. The summed E-state index contributed by atoms with van der Waals surface area (Å²) in [5, 5.41) is 12.8. The van der Waals surface area contributed by atoms with Crippen molar-refractivity contribution >= 4 is 5.91 Å². The number of nitrogens with zero attached hydrogens (tertiary/aromatic N) is 1. The van der Waals surface area contributed by atoms with Crippen LogP contribution < -0.4 is 10.1 Å². The average Bonchev–Trinajstić information content (AvgIpc) is 2.90. The van der Waals surface area contributed by atoms with Crippen molar-refractivity contribution in [2.45, 2.75) is 33.0 Å². The fraction of sp³-hybridized carbons (Fsp3) is 0.375. The fourth-order valence-electron chi connectivity index (χ4n) is 1.98. The molecule has 6 heteroatoms. The molecule has 1 aromatic carbocycles. The van der Waals surface area contributed by atoms with Gasteiger partial charge in [-0.2, -0.15) is 0 Å². The molecule has 0 saturated carbocycles. The molecule has 0 aliphatic rings. The number of aromatic nitrogens is 1. The second-order valence-electron chi connectivity index (χ2n) is 5.22. The van der Waals surface area contributed by atoms with Crippen LogP contribution in [-0.2, 0) is 0 Å². The predicted octanol–water partition coefficient (Wildman–Crippen LogP) is 2.23. The number of hydrogen-bond acceptors (Lipinski definition) is 5. The molecule has 0 aliphatic carbocycles. The highest BCUT2D eigenvalue weighted by molar-refractivity contribution is 5.93. The van der Waals surface area contributed by atoms with E-state index in [2.05, 4.69) is 10.3 Å². The molecule has 0 spiro atoms. The number of carbonyl (C=O) groups is 1. The Morgan fingerprint density at radius 2 is 2.23 bits per heavy atom. The van der Waals surface area contributed by atoms with Crippen molar-refractivity contribution in [2.24, 2.45) is 0 Å². The highest BCUT2D eigenvalue weighted by Crippen LogP contribution is 2.20. The van der Waals surface area contributed by atoms with Crippen LogP contribution in [-0.4, -0.2) is 28.6 Å². The molecule has 1 aromatic heterocycles. The van der Waals surface area contributed by atoms with Crippen molar-refractivity contribution in [1.29, 1.82) is 0 Å². The number of rotatable bonds is 6. The van der Waals surface area contributed by atoms with Gasteiger partial charge in [-0.1, -0.05) is 12.1 Å². The predicted molar refractivity (Wildman–Crippen MR) is 80.7 cm³/mol. The Hall–Kier alpha value is -2.34. The molecule has 22 heavy (non-hydrogen) atoms. The van der Waals surface area contributed by atoms with E-state index in [4.69, 9.17) is 9.15 Å². The first-order valence-corrected chi connectivity index (χ1v) is 7.10. The Kier molecular flexibility index (Phi) is 5.16. The molecule has 0 saturated heterocycles. The van der Waals surface area contributed by atoms with Crippen molar-refractivity contribution in [3.05, 3.63) is 47.7 Å². The van der Waals surface area contributed by atoms with Gasteiger partial charge in [0.15, 0.2) is 12.1 Å². The zero-order chi connectivity index (χ0) is 16.1. The highest BCUT2D eigenvalue weighted by Gasteiger charge is 2.15. The Morgan fingerprint density at radius 1 is 1.45 bits per heavy atom. The fourth-order valence-corrected chi connectivity index (χ4v) is 1.98. The van der Waals surface area contributed by atoms with E-state index in [1.54, 1.807) is 25.1 Å². The number of aryl methyl sites for hydroxylation is 1. The number of oxazole rings is 1. The summed E-state index contributed by atoms with van der Waals surface area (Å²) in [6.45, 7) is 5.61. The van der Waals surface area contributed by atoms with Gasteiger partial charge in [0.1, 0.15) is 11.5 Å². The summed E-state index contributed by atoms with van der Waals surface area (Å²) in [7, 11) is 0. The van der Waals surface area contributed by atoms with Gasteiger partial charge in [0.05, 0.1) is 12.2 Å². The van der Waals surface area contributed by atoms with E-state index in [0.717, 1.165) is 0 Å². The van der Waals surface area contributed by atoms with E-state index in [0.29, 0.717) is 17.1 Å². The number of amides is 1. The Morgan fingerprint density at radius 3 is 2.86 bits per heavy atom. The smallest absolute Gasteiger partial charge is 0.273 e. The van der Waals surface area contributed by atoms with Crippen LogP contribution in [0.5, 0.6) is 5.75 Å². The molecule has 0 bridgehead atoms. The van der Waals surface area contributed by atoms with Crippen LogP contribution in [0.4, 0.5) is 0 Å². The van der Waals surface area contributed by atoms with Crippen LogP contribution in [0.1, 0.15) is 41.8 Å². The van der Waals surface area contributed by atoms with Crippen LogP contribution >= 0.6 is 0 Å². The highest BCUT2D eigenvalue weighted by atomic mass is 16.5. The summed E-state index contributed by atoms with van der Waals surface area (Å²) >= 11 is 0. The van der Waals surface area contributed by atoms with Gasteiger partial charge in [0.2, 0.25) is 0 Å². The van der Waals surface area contributed by atoms with E-state index in [1.165, 1.54) is 6.39 Å². The van der Waals surface area contributed by atoms with Crippen molar-refractivity contribution < 1.29 is 19.1 Å². The Bertz CT molecular complexity index is 637. The minimum atomic E-state index is -0.827. The van der Waals surface area contributed by atoms with E-state index in [9.17, 15) is 9.90 Å². The summed E-state index contributed by atoms with van der Waals surface area (Å²) in [5.41, 5.74) is 0.902. The number of carbonyl (C=O) groups excluding carboxylic acids is 1. The lowest BCUT2D eigenvalue weighted by atomic mass is 10.1. The van der Waals surface area contributed by atoms with Gasteiger partial charge >= 0.3 is 0 Å². The van der Waals surface area contributed by atoms with E-state index in [1.807, 2.05) is 19.9 Å². The van der Waals surface area contributed by atoms with Crippen molar-refractivity contribution in [2.75, 3.05) is 6.54 Å². The van der Waals surface area contributed by atoms with Gasteiger partial charge in [-0.3, -0.25) is 4.79 Å². The van der Waals surface area contributed by atoms with Crippen molar-refractivity contribution in [1.82, 2.24) is 10.3 Å². The maximum atomic E-state index is 11.9. The van der Waals surface area contributed by atoms with Crippen LogP contribution in [0.3, 0.4) is 0 Å². The number of benzene rings is 1. The molecule has 2 N–H and O–H groups in total. The van der Waals surface area contributed by atoms with Gasteiger partial charge in [-0.15, -0.1) is 0 Å². The summed E-state index contributed by atoms with van der Waals surface area (Å²) in [6.07, 6.45) is 0.446. The first-order valence-electron chi connectivity index (χ1n) is 7.10. The second-order valence-corrected chi connectivity index (χ2v) is 5.22. The molecule has 1 atom stereocenters. The monoisotopic (exact) mass is 304 g/mol. The van der Waals surface area contributed by atoms with Gasteiger partial charge in [-0.05, 0) is 38.5 Å². The standard InChI is InChI=1S/C16H20N2O4/c1-10(2)22-13-6-4-5-12(7-13)14(19)8-17-16(20)15-11(3)21-9-18-15/h4-7,9-10,14,19H,8H2,1-3H3,(H,17,20). The van der Waals surface area contributed by atoms with E-state index in [-0.39, 0.29) is 24.2 Å². The maximum absolute atomic E-state index is 11.9. The molecule has 6 nitrogen and oxygen atoms in total. The maximum Gasteiger partial charge on any atom is 0.273 e. The molecule has 2 rings (SSSR count).